The molecule has 0 aliphatic rings. The van der Waals surface area contributed by atoms with Crippen LogP contribution < -0.4 is 5.32 Å². The maximum absolute atomic E-state index is 12.1. The maximum atomic E-state index is 12.1. The topological polar surface area (TPSA) is 57.8 Å². The van der Waals surface area contributed by atoms with Crippen LogP contribution in [0.15, 0.2) is 66.7 Å². The molecule has 0 aliphatic heterocycles. The Kier molecular flexibility index (Phi) is 3.94. The van der Waals surface area contributed by atoms with Crippen LogP contribution in [0, 0.1) is 11.3 Å². The van der Waals surface area contributed by atoms with Gasteiger partial charge in [-0.3, -0.25) is 4.79 Å². The van der Waals surface area contributed by atoms with Crippen molar-refractivity contribution in [2.24, 2.45) is 7.05 Å². The Balaban J connectivity index is 1.79. The standard InChI is InChI=1S/C19H15N3O/c1-22-17(13-20)11-12-18(22)14-7-9-16(10-8-14)21-19(23)15-5-3-2-4-6-15/h2-12H,1H3,(H,21,23). The summed E-state index contributed by atoms with van der Waals surface area (Å²) in [6.07, 6.45) is 0. The van der Waals surface area contributed by atoms with Gasteiger partial charge < -0.3 is 9.88 Å². The van der Waals surface area contributed by atoms with Gasteiger partial charge in [-0.2, -0.15) is 5.26 Å². The van der Waals surface area contributed by atoms with Gasteiger partial charge in [0.2, 0.25) is 0 Å². The van der Waals surface area contributed by atoms with E-state index in [1.54, 1.807) is 18.2 Å². The van der Waals surface area contributed by atoms with Gasteiger partial charge in [-0.1, -0.05) is 30.3 Å². The zero-order valence-corrected chi connectivity index (χ0v) is 12.7. The first-order chi connectivity index (χ1) is 11.2. The van der Waals surface area contributed by atoms with Gasteiger partial charge in [-0.15, -0.1) is 0 Å². The second-order valence-corrected chi connectivity index (χ2v) is 5.17. The zero-order valence-electron chi connectivity index (χ0n) is 12.7. The Bertz CT molecular complexity index is 871. The molecule has 3 rings (SSSR count). The van der Waals surface area contributed by atoms with Crippen LogP contribution in [0.25, 0.3) is 11.3 Å². The Hall–Kier alpha value is -3.32. The van der Waals surface area contributed by atoms with Gasteiger partial charge in [0, 0.05) is 24.0 Å². The number of hydrogen-bond donors (Lipinski definition) is 1. The van der Waals surface area contributed by atoms with Crippen LogP contribution in [0.1, 0.15) is 16.1 Å². The van der Waals surface area contributed by atoms with Crippen molar-refractivity contribution in [2.75, 3.05) is 5.32 Å². The first-order valence-electron chi connectivity index (χ1n) is 7.21. The highest BCUT2D eigenvalue weighted by molar-refractivity contribution is 6.04. The van der Waals surface area contributed by atoms with Gasteiger partial charge in [-0.25, -0.2) is 0 Å². The van der Waals surface area contributed by atoms with Crippen LogP contribution >= 0.6 is 0 Å². The molecule has 1 aromatic heterocycles. The van der Waals surface area contributed by atoms with E-state index in [0.717, 1.165) is 16.9 Å². The van der Waals surface area contributed by atoms with Crippen LogP contribution in [0.3, 0.4) is 0 Å². The third-order valence-corrected chi connectivity index (χ3v) is 3.71. The predicted molar refractivity (Wildman–Crippen MR) is 90.0 cm³/mol. The van der Waals surface area contributed by atoms with Gasteiger partial charge in [0.1, 0.15) is 11.8 Å². The highest BCUT2D eigenvalue weighted by atomic mass is 16.1. The lowest BCUT2D eigenvalue weighted by molar-refractivity contribution is 0.102. The number of aromatic nitrogens is 1. The van der Waals surface area contributed by atoms with Gasteiger partial charge in [-0.05, 0) is 42.0 Å². The molecule has 0 saturated carbocycles. The molecular weight excluding hydrogens is 286 g/mol. The summed E-state index contributed by atoms with van der Waals surface area (Å²) < 4.78 is 1.84. The van der Waals surface area contributed by atoms with Crippen molar-refractivity contribution in [3.8, 4) is 17.3 Å². The van der Waals surface area contributed by atoms with E-state index in [0.29, 0.717) is 11.3 Å². The second-order valence-electron chi connectivity index (χ2n) is 5.17. The fraction of sp³-hybridized carbons (Fsp3) is 0.0526. The summed E-state index contributed by atoms with van der Waals surface area (Å²) in [6.45, 7) is 0. The van der Waals surface area contributed by atoms with Crippen LogP contribution in [-0.4, -0.2) is 10.5 Å². The van der Waals surface area contributed by atoms with Crippen molar-refractivity contribution < 1.29 is 4.79 Å². The van der Waals surface area contributed by atoms with E-state index in [-0.39, 0.29) is 5.91 Å². The maximum Gasteiger partial charge on any atom is 0.255 e. The van der Waals surface area contributed by atoms with Crippen molar-refractivity contribution in [1.82, 2.24) is 4.57 Å². The quantitative estimate of drug-likeness (QED) is 0.799. The molecule has 4 nitrogen and oxygen atoms in total. The lowest BCUT2D eigenvalue weighted by Gasteiger charge is -2.08. The predicted octanol–water partition coefficient (Wildman–Crippen LogP) is 3.82. The summed E-state index contributed by atoms with van der Waals surface area (Å²) in [7, 11) is 1.86. The van der Waals surface area contributed by atoms with Crippen molar-refractivity contribution in [2.45, 2.75) is 0 Å². The van der Waals surface area contributed by atoms with Crippen LogP contribution in [0.5, 0.6) is 0 Å². The van der Waals surface area contributed by atoms with Crippen molar-refractivity contribution in [3.63, 3.8) is 0 Å². The molecule has 112 valence electrons. The van der Waals surface area contributed by atoms with E-state index in [9.17, 15) is 4.79 Å². The Morgan fingerprint density at radius 1 is 1.00 bits per heavy atom. The van der Waals surface area contributed by atoms with Gasteiger partial charge in [0.15, 0.2) is 0 Å². The smallest absolute Gasteiger partial charge is 0.255 e. The minimum absolute atomic E-state index is 0.135. The zero-order chi connectivity index (χ0) is 16.2. The average molecular weight is 301 g/mol. The fourth-order valence-electron chi connectivity index (χ4n) is 2.43. The molecule has 4 heteroatoms. The number of anilines is 1. The van der Waals surface area contributed by atoms with E-state index in [4.69, 9.17) is 5.26 Å². The fourth-order valence-corrected chi connectivity index (χ4v) is 2.43. The Morgan fingerprint density at radius 3 is 2.30 bits per heavy atom. The molecule has 1 N–H and O–H groups in total. The molecule has 0 saturated heterocycles. The lowest BCUT2D eigenvalue weighted by atomic mass is 10.1. The summed E-state index contributed by atoms with van der Waals surface area (Å²) in [5, 5.41) is 11.9. The summed E-state index contributed by atoms with van der Waals surface area (Å²) in [5.74, 6) is -0.135. The molecule has 0 spiro atoms. The molecule has 1 amide bonds. The number of rotatable bonds is 3. The van der Waals surface area contributed by atoms with Gasteiger partial charge >= 0.3 is 0 Å². The largest absolute Gasteiger partial charge is 0.335 e. The van der Waals surface area contributed by atoms with E-state index >= 15 is 0 Å². The van der Waals surface area contributed by atoms with E-state index in [1.807, 2.05) is 60.1 Å². The number of nitrogens with zero attached hydrogens (tertiary/aromatic N) is 2. The number of nitrogens with one attached hydrogen (secondary N) is 1. The monoisotopic (exact) mass is 301 g/mol. The molecule has 23 heavy (non-hydrogen) atoms. The number of benzene rings is 2. The van der Waals surface area contributed by atoms with Gasteiger partial charge in [0.25, 0.3) is 5.91 Å². The molecule has 0 fully saturated rings. The SMILES string of the molecule is Cn1c(C#N)ccc1-c1ccc(NC(=O)c2ccccc2)cc1. The van der Waals surface area contributed by atoms with Crippen molar-refractivity contribution in [3.05, 3.63) is 78.0 Å². The second kappa shape index (κ2) is 6.20. The van der Waals surface area contributed by atoms with Crippen LogP contribution in [0.4, 0.5) is 5.69 Å². The van der Waals surface area contributed by atoms with Crippen LogP contribution in [0.2, 0.25) is 0 Å². The minimum Gasteiger partial charge on any atom is -0.335 e. The molecule has 0 aliphatic carbocycles. The molecule has 0 atom stereocenters. The summed E-state index contributed by atoms with van der Waals surface area (Å²) >= 11 is 0. The molecule has 0 bridgehead atoms. The number of nitriles is 1. The summed E-state index contributed by atoms with van der Waals surface area (Å²) in [5.41, 5.74) is 3.92. The number of carbonyl (C=O) groups excluding carboxylic acids is 1. The Morgan fingerprint density at radius 2 is 1.70 bits per heavy atom. The number of carbonyl (C=O) groups is 1. The van der Waals surface area contributed by atoms with E-state index in [1.165, 1.54) is 0 Å². The first kappa shape index (κ1) is 14.6. The normalized spacial score (nSPS) is 10.1. The molecule has 1 heterocycles. The number of amides is 1. The highest BCUT2D eigenvalue weighted by Gasteiger charge is 2.08. The van der Waals surface area contributed by atoms with E-state index < -0.39 is 0 Å². The molecule has 2 aromatic carbocycles. The van der Waals surface area contributed by atoms with Crippen LogP contribution in [-0.2, 0) is 7.05 Å². The molecular formula is C19H15N3O. The minimum atomic E-state index is -0.135. The van der Waals surface area contributed by atoms with E-state index in [2.05, 4.69) is 11.4 Å². The van der Waals surface area contributed by atoms with Crippen molar-refractivity contribution >= 4 is 11.6 Å². The third kappa shape index (κ3) is 2.99. The highest BCUT2D eigenvalue weighted by Crippen LogP contribution is 2.23. The molecule has 3 aromatic rings. The number of hydrogen-bond acceptors (Lipinski definition) is 2. The lowest BCUT2D eigenvalue weighted by Crippen LogP contribution is -2.11. The summed E-state index contributed by atoms with van der Waals surface area (Å²) in [6, 6.07) is 22.5. The Labute approximate surface area is 134 Å². The first-order valence-corrected chi connectivity index (χ1v) is 7.21. The molecule has 0 unspecified atom stereocenters. The average Bonchev–Trinajstić information content (AvgIpc) is 2.97. The van der Waals surface area contributed by atoms with Crippen molar-refractivity contribution in [1.29, 1.82) is 5.26 Å². The van der Waals surface area contributed by atoms with Gasteiger partial charge in [0.05, 0.1) is 0 Å². The molecule has 0 radical (unpaired) electrons. The third-order valence-electron chi connectivity index (χ3n) is 3.71. The summed E-state index contributed by atoms with van der Waals surface area (Å²) in [4.78, 5) is 12.1.